The summed E-state index contributed by atoms with van der Waals surface area (Å²) in [6, 6.07) is 2.90. The molecule has 0 aliphatic carbocycles. The standard InChI is InChI=1S/C22H26F2N6OS/c1-2-12-32-22-27-19(29-9-4-3-5-10-29)17-14-26-30(20(17)28-22)11-8-25-21(31)16-7-6-15(23)13-18(16)24/h6-7,13-14H,2-5,8-12H2,1H3,(H,25,31). The number of anilines is 1. The van der Waals surface area contributed by atoms with E-state index >= 15 is 0 Å². The summed E-state index contributed by atoms with van der Waals surface area (Å²) in [5, 5.41) is 8.76. The van der Waals surface area contributed by atoms with Gasteiger partial charge in [-0.2, -0.15) is 5.10 Å². The molecule has 0 saturated carbocycles. The molecule has 0 unspecified atom stereocenters. The first-order valence-corrected chi connectivity index (χ1v) is 11.9. The van der Waals surface area contributed by atoms with Crippen LogP contribution in [0.4, 0.5) is 14.6 Å². The van der Waals surface area contributed by atoms with Gasteiger partial charge in [0.2, 0.25) is 0 Å². The topological polar surface area (TPSA) is 75.9 Å². The van der Waals surface area contributed by atoms with Gasteiger partial charge in [0.05, 0.1) is 23.7 Å². The van der Waals surface area contributed by atoms with Crippen molar-refractivity contribution in [1.29, 1.82) is 0 Å². The maximum absolute atomic E-state index is 13.8. The number of amides is 1. The monoisotopic (exact) mass is 460 g/mol. The van der Waals surface area contributed by atoms with E-state index in [4.69, 9.17) is 9.97 Å². The molecule has 10 heteroatoms. The van der Waals surface area contributed by atoms with Gasteiger partial charge in [-0.05, 0) is 37.8 Å². The number of hydrogen-bond donors (Lipinski definition) is 1. The predicted molar refractivity (Wildman–Crippen MR) is 121 cm³/mol. The first-order chi connectivity index (χ1) is 15.6. The maximum Gasteiger partial charge on any atom is 0.254 e. The number of halogens is 2. The number of piperidine rings is 1. The van der Waals surface area contributed by atoms with Gasteiger partial charge in [0.15, 0.2) is 10.8 Å². The minimum atomic E-state index is -0.886. The molecule has 3 aromatic rings. The lowest BCUT2D eigenvalue weighted by molar-refractivity contribution is 0.0948. The number of nitrogens with one attached hydrogen (secondary N) is 1. The average Bonchev–Trinajstić information content (AvgIpc) is 3.20. The average molecular weight is 461 g/mol. The second-order valence-electron chi connectivity index (χ2n) is 7.71. The van der Waals surface area contributed by atoms with Crippen molar-refractivity contribution in [1.82, 2.24) is 25.1 Å². The Hall–Kier alpha value is -2.75. The largest absolute Gasteiger partial charge is 0.356 e. The van der Waals surface area contributed by atoms with Crippen molar-refractivity contribution >= 4 is 34.5 Å². The van der Waals surface area contributed by atoms with E-state index in [2.05, 4.69) is 22.2 Å². The molecule has 1 aliphatic rings. The minimum Gasteiger partial charge on any atom is -0.356 e. The van der Waals surface area contributed by atoms with Gasteiger partial charge in [0, 0.05) is 31.5 Å². The van der Waals surface area contributed by atoms with E-state index in [9.17, 15) is 13.6 Å². The van der Waals surface area contributed by atoms with Gasteiger partial charge < -0.3 is 10.2 Å². The van der Waals surface area contributed by atoms with Gasteiger partial charge in [-0.15, -0.1) is 0 Å². The highest BCUT2D eigenvalue weighted by atomic mass is 32.2. The van der Waals surface area contributed by atoms with Crippen LogP contribution in [0, 0.1) is 11.6 Å². The SMILES string of the molecule is CCCSc1nc(N2CCCCC2)c2cnn(CCNC(=O)c3ccc(F)cc3F)c2n1. The van der Waals surface area contributed by atoms with E-state index in [0.717, 1.165) is 72.2 Å². The molecule has 1 amide bonds. The van der Waals surface area contributed by atoms with Crippen LogP contribution >= 0.6 is 11.8 Å². The molecule has 1 aliphatic heterocycles. The number of carbonyl (C=O) groups excluding carboxylic acids is 1. The normalized spacial score (nSPS) is 14.2. The maximum atomic E-state index is 13.8. The molecule has 2 aromatic heterocycles. The number of aromatic nitrogens is 4. The Morgan fingerprint density at radius 3 is 2.75 bits per heavy atom. The van der Waals surface area contributed by atoms with Crippen LogP contribution in [0.1, 0.15) is 43.0 Å². The molecule has 0 radical (unpaired) electrons. The molecule has 1 N–H and O–H groups in total. The van der Waals surface area contributed by atoms with Gasteiger partial charge in [-0.3, -0.25) is 4.79 Å². The smallest absolute Gasteiger partial charge is 0.254 e. The fourth-order valence-corrected chi connectivity index (χ4v) is 4.42. The van der Waals surface area contributed by atoms with Crippen LogP contribution in [-0.2, 0) is 6.54 Å². The Kier molecular flexibility index (Phi) is 7.19. The van der Waals surface area contributed by atoms with Crippen molar-refractivity contribution in [3.8, 4) is 0 Å². The molecule has 1 aromatic carbocycles. The highest BCUT2D eigenvalue weighted by molar-refractivity contribution is 7.99. The van der Waals surface area contributed by atoms with Crippen LogP contribution in [0.5, 0.6) is 0 Å². The van der Waals surface area contributed by atoms with Crippen LogP contribution in [0.2, 0.25) is 0 Å². The third-order valence-corrected chi connectivity index (χ3v) is 6.38. The van der Waals surface area contributed by atoms with Gasteiger partial charge in [-0.1, -0.05) is 18.7 Å². The molecule has 4 rings (SSSR count). The number of fused-ring (bicyclic) bond motifs is 1. The molecule has 1 fully saturated rings. The molecule has 3 heterocycles. The lowest BCUT2D eigenvalue weighted by Crippen LogP contribution is -2.30. The number of nitrogens with zero attached hydrogens (tertiary/aromatic N) is 5. The Balaban J connectivity index is 1.52. The van der Waals surface area contributed by atoms with E-state index in [-0.39, 0.29) is 12.1 Å². The van der Waals surface area contributed by atoms with Gasteiger partial charge in [-0.25, -0.2) is 23.4 Å². The third kappa shape index (κ3) is 5.01. The summed E-state index contributed by atoms with van der Waals surface area (Å²) in [6.07, 6.45) is 6.31. The van der Waals surface area contributed by atoms with Crippen LogP contribution in [0.3, 0.4) is 0 Å². The van der Waals surface area contributed by atoms with Crippen LogP contribution in [0.15, 0.2) is 29.6 Å². The van der Waals surface area contributed by atoms with Gasteiger partial charge in [0.1, 0.15) is 17.5 Å². The molecule has 170 valence electrons. The zero-order valence-corrected chi connectivity index (χ0v) is 18.8. The molecule has 0 bridgehead atoms. The second-order valence-corrected chi connectivity index (χ2v) is 8.77. The van der Waals surface area contributed by atoms with Crippen molar-refractivity contribution < 1.29 is 13.6 Å². The van der Waals surface area contributed by atoms with E-state index in [1.807, 2.05) is 0 Å². The fraction of sp³-hybridized carbons (Fsp3) is 0.455. The third-order valence-electron chi connectivity index (χ3n) is 5.33. The van der Waals surface area contributed by atoms with Gasteiger partial charge >= 0.3 is 0 Å². The summed E-state index contributed by atoms with van der Waals surface area (Å²) < 4.78 is 28.6. The molecular weight excluding hydrogens is 434 g/mol. The van der Waals surface area contributed by atoms with Crippen molar-refractivity contribution in [2.24, 2.45) is 0 Å². The Morgan fingerprint density at radius 2 is 2.00 bits per heavy atom. The van der Waals surface area contributed by atoms with Crippen molar-refractivity contribution in [2.75, 3.05) is 30.3 Å². The fourth-order valence-electron chi connectivity index (χ4n) is 3.73. The zero-order valence-electron chi connectivity index (χ0n) is 18.0. The summed E-state index contributed by atoms with van der Waals surface area (Å²) in [6.45, 7) is 4.65. The second kappa shape index (κ2) is 10.2. The van der Waals surface area contributed by atoms with Crippen molar-refractivity contribution in [3.63, 3.8) is 0 Å². The Bertz CT molecular complexity index is 1100. The Labute approximate surface area is 189 Å². The number of carbonyl (C=O) groups is 1. The Morgan fingerprint density at radius 1 is 1.19 bits per heavy atom. The molecule has 32 heavy (non-hydrogen) atoms. The first kappa shape index (κ1) is 22.4. The highest BCUT2D eigenvalue weighted by Gasteiger charge is 2.20. The molecule has 0 spiro atoms. The number of rotatable bonds is 8. The lowest BCUT2D eigenvalue weighted by Gasteiger charge is -2.28. The number of thioether (sulfide) groups is 1. The summed E-state index contributed by atoms with van der Waals surface area (Å²) in [5.41, 5.74) is 0.533. The lowest BCUT2D eigenvalue weighted by atomic mass is 10.1. The summed E-state index contributed by atoms with van der Waals surface area (Å²) >= 11 is 1.62. The molecule has 1 saturated heterocycles. The molecule has 0 atom stereocenters. The van der Waals surface area contributed by atoms with Gasteiger partial charge in [0.25, 0.3) is 5.91 Å². The highest BCUT2D eigenvalue weighted by Crippen LogP contribution is 2.29. The van der Waals surface area contributed by atoms with E-state index < -0.39 is 17.5 Å². The zero-order chi connectivity index (χ0) is 22.5. The first-order valence-electron chi connectivity index (χ1n) is 10.9. The molecule has 7 nitrogen and oxygen atoms in total. The summed E-state index contributed by atoms with van der Waals surface area (Å²) in [5.74, 6) is -0.358. The van der Waals surface area contributed by atoms with Crippen molar-refractivity contribution in [2.45, 2.75) is 44.3 Å². The number of benzene rings is 1. The van der Waals surface area contributed by atoms with E-state index in [1.54, 1.807) is 22.6 Å². The summed E-state index contributed by atoms with van der Waals surface area (Å²) in [7, 11) is 0. The van der Waals surface area contributed by atoms with E-state index in [1.165, 1.54) is 6.42 Å². The van der Waals surface area contributed by atoms with Crippen molar-refractivity contribution in [3.05, 3.63) is 41.6 Å². The minimum absolute atomic E-state index is 0.190. The summed E-state index contributed by atoms with van der Waals surface area (Å²) in [4.78, 5) is 24.1. The van der Waals surface area contributed by atoms with Crippen LogP contribution in [-0.4, -0.2) is 51.0 Å². The predicted octanol–water partition coefficient (Wildman–Crippen LogP) is 4.03. The van der Waals surface area contributed by atoms with E-state index in [0.29, 0.717) is 12.6 Å². The van der Waals surface area contributed by atoms with Crippen LogP contribution in [0.25, 0.3) is 11.0 Å². The number of hydrogen-bond acceptors (Lipinski definition) is 6. The quantitative estimate of drug-likeness (QED) is 0.404. The van der Waals surface area contributed by atoms with Crippen LogP contribution < -0.4 is 10.2 Å². The molecular formula is C22H26F2N6OS.